The minimum absolute atomic E-state index is 0.0487. The molecule has 0 spiro atoms. The number of benzene rings is 1. The summed E-state index contributed by atoms with van der Waals surface area (Å²) in [6.07, 6.45) is 1.92. The van der Waals surface area contributed by atoms with E-state index in [4.69, 9.17) is 5.73 Å². The molecule has 0 radical (unpaired) electrons. The zero-order valence-electron chi connectivity index (χ0n) is 10.5. The number of nitrogens with one attached hydrogen (secondary N) is 1. The molecule has 1 aliphatic carbocycles. The Morgan fingerprint density at radius 1 is 1.25 bits per heavy atom. The van der Waals surface area contributed by atoms with Gasteiger partial charge in [0.25, 0.3) is 11.7 Å². The highest BCUT2D eigenvalue weighted by Crippen LogP contribution is 2.30. The van der Waals surface area contributed by atoms with Crippen LogP contribution in [0.3, 0.4) is 0 Å². The predicted molar refractivity (Wildman–Crippen MR) is 69.0 cm³/mol. The second-order valence-corrected chi connectivity index (χ2v) is 4.58. The van der Waals surface area contributed by atoms with Crippen molar-refractivity contribution in [3.05, 3.63) is 30.1 Å². The van der Waals surface area contributed by atoms with Gasteiger partial charge in [-0.1, -0.05) is 0 Å². The fourth-order valence-corrected chi connectivity index (χ4v) is 1.69. The van der Waals surface area contributed by atoms with Crippen LogP contribution in [0.1, 0.15) is 23.5 Å². The minimum Gasteiger partial charge on any atom is -0.363 e. The number of hydrogen-bond donors (Lipinski definition) is 2. The number of primary amides is 1. The van der Waals surface area contributed by atoms with E-state index in [1.165, 1.54) is 4.80 Å². The molecule has 20 heavy (non-hydrogen) atoms. The summed E-state index contributed by atoms with van der Waals surface area (Å²) >= 11 is 0. The molecule has 1 aromatic heterocycles. The molecule has 0 unspecified atom stereocenters. The zero-order chi connectivity index (χ0) is 14.1. The number of nitrogens with two attached hydrogens (primary N) is 1. The number of nitrogens with zero attached hydrogens (tertiary/aromatic N) is 4. The van der Waals surface area contributed by atoms with Crippen molar-refractivity contribution in [2.24, 2.45) is 11.7 Å². The molecule has 1 saturated carbocycles. The van der Waals surface area contributed by atoms with E-state index in [2.05, 4.69) is 20.7 Å². The topological polar surface area (TPSA) is 116 Å². The monoisotopic (exact) mass is 272 g/mol. The van der Waals surface area contributed by atoms with Crippen LogP contribution in [0.4, 0.5) is 5.69 Å². The fourth-order valence-electron chi connectivity index (χ4n) is 1.69. The van der Waals surface area contributed by atoms with Gasteiger partial charge in [0.15, 0.2) is 0 Å². The largest absolute Gasteiger partial charge is 0.363 e. The van der Waals surface area contributed by atoms with Crippen molar-refractivity contribution in [2.75, 3.05) is 5.32 Å². The lowest BCUT2D eigenvalue weighted by Crippen LogP contribution is -2.14. The van der Waals surface area contributed by atoms with Crippen LogP contribution in [0, 0.1) is 5.92 Å². The maximum absolute atomic E-state index is 11.6. The van der Waals surface area contributed by atoms with Crippen molar-refractivity contribution in [3.8, 4) is 5.69 Å². The van der Waals surface area contributed by atoms with Crippen molar-refractivity contribution in [3.63, 3.8) is 0 Å². The molecule has 1 aromatic carbocycles. The molecule has 3 N–H and O–H groups in total. The number of anilines is 1. The first kappa shape index (κ1) is 12.3. The second kappa shape index (κ2) is 4.72. The van der Waals surface area contributed by atoms with Gasteiger partial charge in [-0.15, -0.1) is 15.0 Å². The number of aromatic nitrogens is 4. The Bertz CT molecular complexity index is 659. The van der Waals surface area contributed by atoms with Crippen molar-refractivity contribution < 1.29 is 9.59 Å². The molecule has 1 aliphatic rings. The van der Waals surface area contributed by atoms with Gasteiger partial charge in [0, 0.05) is 11.6 Å². The van der Waals surface area contributed by atoms with E-state index in [1.54, 1.807) is 24.3 Å². The molecule has 0 aliphatic heterocycles. The summed E-state index contributed by atoms with van der Waals surface area (Å²) in [5.74, 6) is -0.668. The standard InChI is InChI=1S/C12H12N6O2/c13-10(19)11-15-17-18(16-11)9-5-3-8(4-6-9)14-12(20)7-1-2-7/h3-7H,1-2H2,(H2,13,19)(H,14,20). The number of carbonyl (C=O) groups excluding carboxylic acids is 2. The van der Waals surface area contributed by atoms with Crippen LogP contribution in [0.5, 0.6) is 0 Å². The van der Waals surface area contributed by atoms with E-state index in [-0.39, 0.29) is 17.6 Å². The Morgan fingerprint density at radius 2 is 1.95 bits per heavy atom. The summed E-state index contributed by atoms with van der Waals surface area (Å²) in [7, 11) is 0. The van der Waals surface area contributed by atoms with Crippen molar-refractivity contribution >= 4 is 17.5 Å². The molecular formula is C12H12N6O2. The van der Waals surface area contributed by atoms with Crippen molar-refractivity contribution in [2.45, 2.75) is 12.8 Å². The lowest BCUT2D eigenvalue weighted by Gasteiger charge is -2.04. The van der Waals surface area contributed by atoms with E-state index < -0.39 is 5.91 Å². The Labute approximate surface area is 114 Å². The van der Waals surface area contributed by atoms with Gasteiger partial charge < -0.3 is 11.1 Å². The summed E-state index contributed by atoms with van der Waals surface area (Å²) in [6.45, 7) is 0. The summed E-state index contributed by atoms with van der Waals surface area (Å²) < 4.78 is 0. The molecule has 8 nitrogen and oxygen atoms in total. The number of tetrazole rings is 1. The molecule has 2 aromatic rings. The normalized spacial score (nSPS) is 14.0. The number of rotatable bonds is 4. The Morgan fingerprint density at radius 3 is 2.50 bits per heavy atom. The Balaban J connectivity index is 1.74. The van der Waals surface area contributed by atoms with Crippen LogP contribution in [-0.2, 0) is 4.79 Å². The molecule has 8 heteroatoms. The van der Waals surface area contributed by atoms with E-state index in [0.29, 0.717) is 11.4 Å². The SMILES string of the molecule is NC(=O)c1nnn(-c2ccc(NC(=O)C3CC3)cc2)n1. The average Bonchev–Trinajstić information content (AvgIpc) is 3.17. The summed E-state index contributed by atoms with van der Waals surface area (Å²) in [5.41, 5.74) is 6.38. The lowest BCUT2D eigenvalue weighted by molar-refractivity contribution is -0.117. The second-order valence-electron chi connectivity index (χ2n) is 4.58. The van der Waals surface area contributed by atoms with Crippen LogP contribution < -0.4 is 11.1 Å². The van der Waals surface area contributed by atoms with Crippen LogP contribution in [0.25, 0.3) is 5.69 Å². The molecule has 0 atom stereocenters. The molecule has 1 heterocycles. The first-order chi connectivity index (χ1) is 9.63. The molecule has 0 bridgehead atoms. The van der Waals surface area contributed by atoms with Gasteiger partial charge in [-0.3, -0.25) is 9.59 Å². The maximum atomic E-state index is 11.6. The van der Waals surface area contributed by atoms with Gasteiger partial charge in [-0.2, -0.15) is 0 Å². The Hall–Kier alpha value is -2.77. The smallest absolute Gasteiger partial charge is 0.290 e. The van der Waals surface area contributed by atoms with Crippen LogP contribution in [-0.4, -0.2) is 32.0 Å². The maximum Gasteiger partial charge on any atom is 0.290 e. The third kappa shape index (κ3) is 2.48. The average molecular weight is 272 g/mol. The van der Waals surface area contributed by atoms with E-state index in [1.807, 2.05) is 0 Å². The predicted octanol–water partition coefficient (Wildman–Crippen LogP) is 0.110. The number of amides is 2. The molecular weight excluding hydrogens is 260 g/mol. The number of hydrogen-bond acceptors (Lipinski definition) is 5. The lowest BCUT2D eigenvalue weighted by atomic mass is 10.2. The van der Waals surface area contributed by atoms with Gasteiger partial charge in [0.1, 0.15) is 0 Å². The van der Waals surface area contributed by atoms with Gasteiger partial charge >= 0.3 is 0 Å². The van der Waals surface area contributed by atoms with Crippen molar-refractivity contribution in [1.82, 2.24) is 20.2 Å². The molecule has 102 valence electrons. The molecule has 1 fully saturated rings. The molecule has 0 saturated heterocycles. The fraction of sp³-hybridized carbons (Fsp3) is 0.250. The minimum atomic E-state index is -0.732. The van der Waals surface area contributed by atoms with Crippen LogP contribution >= 0.6 is 0 Å². The summed E-state index contributed by atoms with van der Waals surface area (Å²) in [5, 5.41) is 13.9. The highest BCUT2D eigenvalue weighted by Gasteiger charge is 2.29. The van der Waals surface area contributed by atoms with E-state index >= 15 is 0 Å². The summed E-state index contributed by atoms with van der Waals surface area (Å²) in [6, 6.07) is 6.91. The highest BCUT2D eigenvalue weighted by molar-refractivity contribution is 5.94. The molecule has 3 rings (SSSR count). The van der Waals surface area contributed by atoms with E-state index in [0.717, 1.165) is 12.8 Å². The zero-order valence-corrected chi connectivity index (χ0v) is 10.5. The first-order valence-corrected chi connectivity index (χ1v) is 6.14. The van der Waals surface area contributed by atoms with Gasteiger partial charge in [-0.05, 0) is 42.3 Å². The van der Waals surface area contributed by atoms with Gasteiger partial charge in [0.2, 0.25) is 5.91 Å². The Kier molecular flexibility index (Phi) is 2.90. The van der Waals surface area contributed by atoms with Gasteiger partial charge in [0.05, 0.1) is 5.69 Å². The number of carbonyl (C=O) groups is 2. The van der Waals surface area contributed by atoms with Crippen molar-refractivity contribution in [1.29, 1.82) is 0 Å². The molecule has 2 amide bonds. The third-order valence-electron chi connectivity index (χ3n) is 2.95. The quantitative estimate of drug-likeness (QED) is 0.819. The first-order valence-electron chi connectivity index (χ1n) is 6.14. The van der Waals surface area contributed by atoms with Crippen LogP contribution in [0.15, 0.2) is 24.3 Å². The van der Waals surface area contributed by atoms with Gasteiger partial charge in [-0.25, -0.2) is 0 Å². The van der Waals surface area contributed by atoms with E-state index in [9.17, 15) is 9.59 Å². The third-order valence-corrected chi connectivity index (χ3v) is 2.95. The summed E-state index contributed by atoms with van der Waals surface area (Å²) in [4.78, 5) is 23.7. The van der Waals surface area contributed by atoms with Crippen LogP contribution in [0.2, 0.25) is 0 Å². The highest BCUT2D eigenvalue weighted by atomic mass is 16.2.